The molecule has 6 aromatic heterocycles. The van der Waals surface area contributed by atoms with Gasteiger partial charge in [-0.2, -0.15) is 45.9 Å². The fourth-order valence-electron chi connectivity index (χ4n) is 11.3. The number of aliphatic hydroxyl groups is 1. The highest BCUT2D eigenvalue weighted by Gasteiger charge is 2.40. The van der Waals surface area contributed by atoms with Gasteiger partial charge < -0.3 is 51.0 Å². The highest BCUT2D eigenvalue weighted by atomic mass is 16.5. The molecule has 25 nitrogen and oxygen atoms in total. The normalized spacial score (nSPS) is 21.9. The summed E-state index contributed by atoms with van der Waals surface area (Å²) in [5.74, 6) is 3.65. The van der Waals surface area contributed by atoms with Crippen LogP contribution >= 0.6 is 0 Å². The number of aryl methyl sites for hydroxylation is 1. The predicted octanol–water partition coefficient (Wildman–Crippen LogP) is 7.14. The first-order valence-corrected chi connectivity index (χ1v) is 28.0. The molecule has 0 spiro atoms. The Hall–Kier alpha value is -8.05. The molecule has 25 heteroatoms. The first-order chi connectivity index (χ1) is 38.9. The molecule has 0 aliphatic heterocycles. The Morgan fingerprint density at radius 3 is 1.65 bits per heavy atom. The summed E-state index contributed by atoms with van der Waals surface area (Å²) in [6, 6.07) is 10.8. The maximum atomic E-state index is 10.4. The smallest absolute Gasteiger partial charge is 0.252 e. The van der Waals surface area contributed by atoms with Gasteiger partial charge >= 0.3 is 0 Å². The van der Waals surface area contributed by atoms with Crippen LogP contribution in [0.4, 0.5) is 35.3 Å². The zero-order valence-electron chi connectivity index (χ0n) is 47.4. The standard InChI is InChI=1S/C56H75N21O4/c1-35-14-18-66-77(35)23-20-62-53-65-32-38(29-59)50(73-53)68-40-9-12-44(55(4,5)25-40)79-33-42-16-21-76(74-42)22-19-61-52-64-31-37(28-58)49(72-52)69-41-10-13-45(56(6,7)26-41)80-34-47-70-46(75-81-47)15-17-60-51-63-30-36(27-57)48(71-51)67-39-8-11-43(78)54(2,3)24-39/h14,16,18,21,30-32,39-41,43-45,78H,8-13,15,17,19-20,22-26,33-34H2,1-7H3,(H2,60,63,67,71)(H2,61,64,69,72)(H2,62,65,68,73)/t39-,40-,41-,43+,44+,45+/m1/s1. The van der Waals surface area contributed by atoms with Crippen LogP contribution < -0.4 is 31.9 Å². The van der Waals surface area contributed by atoms with Crippen LogP contribution in [0.3, 0.4) is 0 Å². The van der Waals surface area contributed by atoms with Gasteiger partial charge in [-0.05, 0) is 93.1 Å². The summed E-state index contributed by atoms with van der Waals surface area (Å²) in [6.45, 7) is 18.2. The van der Waals surface area contributed by atoms with E-state index in [4.69, 9.17) is 24.1 Å². The minimum Gasteiger partial charge on any atom is -0.393 e. The van der Waals surface area contributed by atoms with E-state index in [0.717, 1.165) is 62.8 Å². The lowest BCUT2D eigenvalue weighted by molar-refractivity contribution is -0.0686. The van der Waals surface area contributed by atoms with E-state index in [0.29, 0.717) is 116 Å². The largest absolute Gasteiger partial charge is 0.393 e. The number of hydrogen-bond acceptors (Lipinski definition) is 23. The van der Waals surface area contributed by atoms with Crippen LogP contribution in [0.1, 0.15) is 139 Å². The number of aliphatic hydroxyl groups excluding tert-OH is 1. The number of hydrogen-bond donors (Lipinski definition) is 7. The van der Waals surface area contributed by atoms with Crippen LogP contribution in [0.25, 0.3) is 0 Å². The van der Waals surface area contributed by atoms with Crippen LogP contribution in [-0.4, -0.2) is 121 Å². The Bertz CT molecular complexity index is 3200. The van der Waals surface area contributed by atoms with Crippen molar-refractivity contribution in [2.24, 2.45) is 16.2 Å². The van der Waals surface area contributed by atoms with Crippen molar-refractivity contribution in [1.82, 2.24) is 59.6 Å². The lowest BCUT2D eigenvalue weighted by Gasteiger charge is -2.42. The van der Waals surface area contributed by atoms with Crippen molar-refractivity contribution < 1.29 is 19.1 Å². The zero-order chi connectivity index (χ0) is 57.2. The Morgan fingerprint density at radius 1 is 0.642 bits per heavy atom. The molecular weight excluding hydrogens is 1030 g/mol. The topological polar surface area (TPSA) is 334 Å². The number of nitriles is 3. The van der Waals surface area contributed by atoms with E-state index in [1.807, 2.05) is 34.6 Å². The van der Waals surface area contributed by atoms with Crippen LogP contribution in [0.5, 0.6) is 0 Å². The molecule has 6 aromatic rings. The van der Waals surface area contributed by atoms with Gasteiger partial charge in [0, 0.05) is 62.3 Å². The second-order valence-electron chi connectivity index (χ2n) is 23.6. The predicted molar refractivity (Wildman–Crippen MR) is 301 cm³/mol. The van der Waals surface area contributed by atoms with Crippen LogP contribution in [0, 0.1) is 57.2 Å². The van der Waals surface area contributed by atoms with Gasteiger partial charge in [0.1, 0.15) is 59.0 Å². The summed E-state index contributed by atoms with van der Waals surface area (Å²) in [4.78, 5) is 31.6. The Balaban J connectivity index is 0.680. The molecule has 6 heterocycles. The molecule has 0 aromatic carbocycles. The summed E-state index contributed by atoms with van der Waals surface area (Å²) in [6.07, 6.45) is 15.5. The van der Waals surface area contributed by atoms with Gasteiger partial charge in [-0.25, -0.2) is 15.0 Å². The minimum absolute atomic E-state index is 0.0196. The highest BCUT2D eigenvalue weighted by molar-refractivity contribution is 5.56. The Labute approximate surface area is 472 Å². The van der Waals surface area contributed by atoms with E-state index in [1.54, 1.807) is 18.6 Å². The van der Waals surface area contributed by atoms with Crippen LogP contribution in [0.15, 0.2) is 47.6 Å². The fourth-order valence-corrected chi connectivity index (χ4v) is 11.3. The van der Waals surface area contributed by atoms with Crippen molar-refractivity contribution in [3.8, 4) is 18.2 Å². The third-order valence-electron chi connectivity index (χ3n) is 15.9. The van der Waals surface area contributed by atoms with Gasteiger partial charge in [0.25, 0.3) is 5.89 Å². The van der Waals surface area contributed by atoms with Crippen molar-refractivity contribution >= 4 is 35.3 Å². The highest BCUT2D eigenvalue weighted by Crippen LogP contribution is 2.41. The van der Waals surface area contributed by atoms with Crippen LogP contribution in [-0.2, 0) is 42.2 Å². The summed E-state index contributed by atoms with van der Waals surface area (Å²) in [5, 5.41) is 73.4. The number of ether oxygens (including phenoxy) is 2. The second-order valence-corrected chi connectivity index (χ2v) is 23.6. The summed E-state index contributed by atoms with van der Waals surface area (Å²) >= 11 is 0. The summed E-state index contributed by atoms with van der Waals surface area (Å²) in [7, 11) is 0. The Kier molecular flexibility index (Phi) is 18.2. The average Bonchev–Trinajstić information content (AvgIpc) is 4.23. The third-order valence-corrected chi connectivity index (χ3v) is 15.9. The first-order valence-electron chi connectivity index (χ1n) is 28.0. The molecule has 3 fully saturated rings. The van der Waals surface area contributed by atoms with E-state index in [1.165, 1.54) is 6.20 Å². The van der Waals surface area contributed by atoms with Crippen molar-refractivity contribution in [3.63, 3.8) is 0 Å². The molecule has 9 rings (SSSR count). The minimum atomic E-state index is -0.357. The number of anilines is 6. The van der Waals surface area contributed by atoms with E-state index in [9.17, 15) is 20.9 Å². The van der Waals surface area contributed by atoms with Crippen molar-refractivity contribution in [1.29, 1.82) is 15.8 Å². The summed E-state index contributed by atoms with van der Waals surface area (Å²) in [5.41, 5.74) is 2.45. The maximum Gasteiger partial charge on any atom is 0.252 e. The molecule has 0 saturated heterocycles. The molecule has 3 saturated carbocycles. The molecule has 0 amide bonds. The summed E-state index contributed by atoms with van der Waals surface area (Å²) < 4.78 is 22.2. The van der Waals surface area contributed by atoms with E-state index in [2.05, 4.69) is 132 Å². The Morgan fingerprint density at radius 2 is 1.15 bits per heavy atom. The van der Waals surface area contributed by atoms with Crippen molar-refractivity contribution in [3.05, 3.63) is 82.9 Å². The van der Waals surface area contributed by atoms with E-state index >= 15 is 0 Å². The molecule has 6 atom stereocenters. The zero-order valence-corrected chi connectivity index (χ0v) is 47.4. The second kappa shape index (κ2) is 25.6. The maximum absolute atomic E-state index is 10.4. The van der Waals surface area contributed by atoms with Gasteiger partial charge in [0.05, 0.1) is 62.3 Å². The first kappa shape index (κ1) is 57.6. The van der Waals surface area contributed by atoms with Gasteiger partial charge in [-0.3, -0.25) is 9.36 Å². The van der Waals surface area contributed by atoms with Gasteiger partial charge in [-0.1, -0.05) is 46.7 Å². The van der Waals surface area contributed by atoms with Gasteiger partial charge in [0.15, 0.2) is 5.82 Å². The number of nitrogens with one attached hydrogen (secondary N) is 6. The molecule has 428 valence electrons. The number of aromatic nitrogens is 12. The fraction of sp³-hybridized carbons (Fsp3) is 0.589. The monoisotopic (exact) mass is 1110 g/mol. The van der Waals surface area contributed by atoms with E-state index < -0.39 is 0 Å². The lowest BCUT2D eigenvalue weighted by Crippen LogP contribution is -2.43. The quantitative estimate of drug-likeness (QED) is 0.0316. The van der Waals surface area contributed by atoms with Gasteiger partial charge in [-0.15, -0.1) is 0 Å². The molecule has 3 aliphatic carbocycles. The van der Waals surface area contributed by atoms with Crippen LogP contribution in [0.2, 0.25) is 0 Å². The molecule has 81 heavy (non-hydrogen) atoms. The van der Waals surface area contributed by atoms with Gasteiger partial charge in [0.2, 0.25) is 17.8 Å². The third kappa shape index (κ3) is 15.0. The lowest BCUT2D eigenvalue weighted by atomic mass is 9.72. The number of nitrogens with zero attached hydrogens (tertiary/aromatic N) is 15. The van der Waals surface area contributed by atoms with Crippen molar-refractivity contribution in [2.75, 3.05) is 51.5 Å². The molecule has 0 bridgehead atoms. The SMILES string of the molecule is Cc1ccnn1CCNc1ncc(C#N)c(N[C@@H]2CC[C@H](OCc3ccn(CCNc4ncc(C#N)c(N[C@@H]5CC[C@H](OCc6nc(CCNc7ncc(C#N)c(N[C@@H]8CC[C@H](O)C(C)(C)C8)n7)no6)C(C)(C)C5)n4)n3)C(C)(C)C2)n1. The molecular formula is C56H75N21O4. The molecule has 7 N–H and O–H groups in total. The molecule has 3 aliphatic rings. The molecule has 0 radical (unpaired) electrons. The average molecular weight is 1110 g/mol. The molecule has 0 unspecified atom stereocenters. The van der Waals surface area contributed by atoms with E-state index in [-0.39, 0.29) is 59.3 Å². The number of rotatable bonds is 24. The van der Waals surface area contributed by atoms with Crippen molar-refractivity contribution in [2.45, 2.75) is 175 Å².